The molecule has 3 heteroatoms. The van der Waals surface area contributed by atoms with E-state index < -0.39 is 0 Å². The average Bonchev–Trinajstić information content (AvgIpc) is 2.84. The Kier molecular flexibility index (Phi) is 3.10. The fourth-order valence-corrected chi connectivity index (χ4v) is 2.77. The Hall–Kier alpha value is -2.05. The highest BCUT2D eigenvalue weighted by Gasteiger charge is 2.18. The normalized spacial score (nSPS) is 17.8. The van der Waals surface area contributed by atoms with Crippen molar-refractivity contribution in [2.75, 3.05) is 0 Å². The molecule has 19 heavy (non-hydrogen) atoms. The van der Waals surface area contributed by atoms with Crippen molar-refractivity contribution in [2.45, 2.75) is 31.8 Å². The second-order valence-corrected chi connectivity index (χ2v) is 5.22. The van der Waals surface area contributed by atoms with E-state index in [0.717, 1.165) is 19.4 Å². The van der Waals surface area contributed by atoms with Gasteiger partial charge in [-0.1, -0.05) is 12.1 Å². The van der Waals surface area contributed by atoms with E-state index in [0.29, 0.717) is 5.56 Å². The molecule has 1 aliphatic rings. The summed E-state index contributed by atoms with van der Waals surface area (Å²) < 4.78 is 2.21. The molecule has 1 heterocycles. The largest absolute Gasteiger partial charge is 0.349 e. The molecule has 2 aromatic rings. The quantitative estimate of drug-likeness (QED) is 0.892. The molecule has 0 fully saturated rings. The van der Waals surface area contributed by atoms with Crippen molar-refractivity contribution < 1.29 is 0 Å². The SMILES string of the molecule is N#Cc1ccc(Cn2cc3c(c2)C(N)CCC3)cc1. The summed E-state index contributed by atoms with van der Waals surface area (Å²) >= 11 is 0. The third-order valence-corrected chi connectivity index (χ3v) is 3.81. The monoisotopic (exact) mass is 251 g/mol. The predicted octanol–water partition coefficient (Wildman–Crippen LogP) is 2.74. The number of nitrogens with zero attached hydrogens (tertiary/aromatic N) is 2. The molecular formula is C16H17N3. The van der Waals surface area contributed by atoms with Gasteiger partial charge in [0.1, 0.15) is 0 Å². The molecule has 1 aliphatic carbocycles. The van der Waals surface area contributed by atoms with Crippen LogP contribution in [0, 0.1) is 11.3 Å². The van der Waals surface area contributed by atoms with E-state index in [1.165, 1.54) is 23.1 Å². The first-order valence-corrected chi connectivity index (χ1v) is 6.69. The van der Waals surface area contributed by atoms with Gasteiger partial charge in [-0.15, -0.1) is 0 Å². The van der Waals surface area contributed by atoms with Crippen molar-refractivity contribution in [1.29, 1.82) is 5.26 Å². The molecule has 1 aromatic heterocycles. The van der Waals surface area contributed by atoms with Crippen molar-refractivity contribution in [2.24, 2.45) is 5.73 Å². The number of nitrogens with two attached hydrogens (primary N) is 1. The van der Waals surface area contributed by atoms with Crippen LogP contribution in [0.2, 0.25) is 0 Å². The highest BCUT2D eigenvalue weighted by Crippen LogP contribution is 2.28. The standard InChI is InChI=1S/C16H17N3/c17-8-12-4-6-13(7-5-12)9-19-10-14-2-1-3-16(18)15(14)11-19/h4-7,10-11,16H,1-3,9,18H2. The van der Waals surface area contributed by atoms with Crippen LogP contribution in [0.25, 0.3) is 0 Å². The second-order valence-electron chi connectivity index (χ2n) is 5.22. The number of rotatable bonds is 2. The zero-order valence-corrected chi connectivity index (χ0v) is 10.8. The van der Waals surface area contributed by atoms with E-state index in [2.05, 4.69) is 23.0 Å². The third kappa shape index (κ3) is 2.40. The molecule has 0 aliphatic heterocycles. The van der Waals surface area contributed by atoms with Gasteiger partial charge < -0.3 is 10.3 Å². The molecule has 0 saturated carbocycles. The maximum absolute atomic E-state index is 8.79. The smallest absolute Gasteiger partial charge is 0.0991 e. The van der Waals surface area contributed by atoms with Crippen LogP contribution in [0.1, 0.15) is 41.1 Å². The first-order valence-electron chi connectivity index (χ1n) is 6.69. The van der Waals surface area contributed by atoms with Gasteiger partial charge in [-0.25, -0.2) is 0 Å². The molecule has 2 N–H and O–H groups in total. The van der Waals surface area contributed by atoms with Gasteiger partial charge in [0.05, 0.1) is 11.6 Å². The van der Waals surface area contributed by atoms with Gasteiger partial charge in [0, 0.05) is 25.0 Å². The van der Waals surface area contributed by atoms with Crippen LogP contribution in [-0.2, 0) is 13.0 Å². The molecular weight excluding hydrogens is 234 g/mol. The molecule has 3 rings (SSSR count). The number of hydrogen-bond acceptors (Lipinski definition) is 2. The minimum atomic E-state index is 0.200. The fraction of sp³-hybridized carbons (Fsp3) is 0.312. The van der Waals surface area contributed by atoms with Gasteiger partial charge in [-0.2, -0.15) is 5.26 Å². The highest BCUT2D eigenvalue weighted by atomic mass is 14.9. The minimum Gasteiger partial charge on any atom is -0.349 e. The van der Waals surface area contributed by atoms with Gasteiger partial charge in [0.2, 0.25) is 0 Å². The number of aryl methyl sites for hydroxylation is 1. The summed E-state index contributed by atoms with van der Waals surface area (Å²) in [6.07, 6.45) is 7.82. The predicted molar refractivity (Wildman–Crippen MR) is 74.6 cm³/mol. The maximum Gasteiger partial charge on any atom is 0.0991 e. The topological polar surface area (TPSA) is 54.7 Å². The van der Waals surface area contributed by atoms with Crippen molar-refractivity contribution in [3.8, 4) is 6.07 Å². The Morgan fingerprint density at radius 2 is 2.05 bits per heavy atom. The number of hydrogen-bond donors (Lipinski definition) is 1. The molecule has 96 valence electrons. The first-order chi connectivity index (χ1) is 9.26. The van der Waals surface area contributed by atoms with Crippen LogP contribution in [0.5, 0.6) is 0 Å². The van der Waals surface area contributed by atoms with Gasteiger partial charge in [0.15, 0.2) is 0 Å². The summed E-state index contributed by atoms with van der Waals surface area (Å²) in [7, 11) is 0. The summed E-state index contributed by atoms with van der Waals surface area (Å²) in [4.78, 5) is 0. The Balaban J connectivity index is 1.81. The number of benzene rings is 1. The van der Waals surface area contributed by atoms with Crippen molar-refractivity contribution in [3.05, 3.63) is 58.9 Å². The highest BCUT2D eigenvalue weighted by molar-refractivity contribution is 5.33. The van der Waals surface area contributed by atoms with Crippen LogP contribution in [0.3, 0.4) is 0 Å². The molecule has 0 saturated heterocycles. The number of aromatic nitrogens is 1. The maximum atomic E-state index is 8.79. The third-order valence-electron chi connectivity index (χ3n) is 3.81. The van der Waals surface area contributed by atoms with Crippen molar-refractivity contribution >= 4 is 0 Å². The van der Waals surface area contributed by atoms with Gasteiger partial charge >= 0.3 is 0 Å². The Morgan fingerprint density at radius 1 is 1.26 bits per heavy atom. The van der Waals surface area contributed by atoms with Crippen LogP contribution in [0.15, 0.2) is 36.7 Å². The van der Waals surface area contributed by atoms with E-state index in [1.54, 1.807) is 0 Å². The van der Waals surface area contributed by atoms with Crippen LogP contribution in [-0.4, -0.2) is 4.57 Å². The summed E-state index contributed by atoms with van der Waals surface area (Å²) in [5.41, 5.74) is 10.8. The van der Waals surface area contributed by atoms with Gasteiger partial charge in [0.25, 0.3) is 0 Å². The van der Waals surface area contributed by atoms with Crippen LogP contribution < -0.4 is 5.73 Å². The van der Waals surface area contributed by atoms with Crippen LogP contribution in [0.4, 0.5) is 0 Å². The lowest BCUT2D eigenvalue weighted by Crippen LogP contribution is -2.15. The number of fused-ring (bicyclic) bond motifs is 1. The Morgan fingerprint density at radius 3 is 2.74 bits per heavy atom. The van der Waals surface area contributed by atoms with Crippen LogP contribution >= 0.6 is 0 Å². The van der Waals surface area contributed by atoms with Gasteiger partial charge in [-0.3, -0.25) is 0 Å². The second kappa shape index (κ2) is 4.91. The summed E-state index contributed by atoms with van der Waals surface area (Å²) in [6, 6.07) is 10.1. The van der Waals surface area contributed by atoms with Gasteiger partial charge in [-0.05, 0) is 48.1 Å². The lowest BCUT2D eigenvalue weighted by atomic mass is 9.92. The van der Waals surface area contributed by atoms with E-state index in [4.69, 9.17) is 11.0 Å². The van der Waals surface area contributed by atoms with E-state index >= 15 is 0 Å². The van der Waals surface area contributed by atoms with Crippen molar-refractivity contribution in [3.63, 3.8) is 0 Å². The Labute approximate surface area is 113 Å². The molecule has 3 nitrogen and oxygen atoms in total. The molecule has 0 radical (unpaired) electrons. The van der Waals surface area contributed by atoms with Crippen molar-refractivity contribution in [1.82, 2.24) is 4.57 Å². The molecule has 1 aromatic carbocycles. The lowest BCUT2D eigenvalue weighted by Gasteiger charge is -2.17. The minimum absolute atomic E-state index is 0.200. The molecule has 0 bridgehead atoms. The Bertz CT molecular complexity index is 616. The van der Waals surface area contributed by atoms with E-state index in [9.17, 15) is 0 Å². The summed E-state index contributed by atoms with van der Waals surface area (Å²) in [5, 5.41) is 8.79. The van der Waals surface area contributed by atoms with E-state index in [1.807, 2.05) is 24.3 Å². The molecule has 1 atom stereocenters. The van der Waals surface area contributed by atoms with E-state index in [-0.39, 0.29) is 6.04 Å². The number of nitriles is 1. The summed E-state index contributed by atoms with van der Waals surface area (Å²) in [6.45, 7) is 0.839. The first kappa shape index (κ1) is 12.0. The zero-order chi connectivity index (χ0) is 13.2. The zero-order valence-electron chi connectivity index (χ0n) is 10.8. The average molecular weight is 251 g/mol. The molecule has 1 unspecified atom stereocenters. The fourth-order valence-electron chi connectivity index (χ4n) is 2.77. The molecule has 0 amide bonds. The molecule has 0 spiro atoms. The summed E-state index contributed by atoms with van der Waals surface area (Å²) in [5.74, 6) is 0. The lowest BCUT2D eigenvalue weighted by molar-refractivity contribution is 0.573.